The molecule has 0 amide bonds. The average Bonchev–Trinajstić information content (AvgIpc) is 2.56. The molecule has 0 aromatic heterocycles. The van der Waals surface area contributed by atoms with Crippen molar-refractivity contribution in [2.75, 3.05) is 18.6 Å². The third-order valence-corrected chi connectivity index (χ3v) is 4.84. The molecule has 0 aliphatic carbocycles. The van der Waals surface area contributed by atoms with Gasteiger partial charge in [0.25, 0.3) is 0 Å². The quantitative estimate of drug-likeness (QED) is 0.677. The van der Waals surface area contributed by atoms with Gasteiger partial charge in [0, 0.05) is 11.8 Å². The molecule has 1 N–H and O–H groups in total. The van der Waals surface area contributed by atoms with Crippen LogP contribution in [0.5, 0.6) is 0 Å². The lowest BCUT2D eigenvalue weighted by Gasteiger charge is -2.16. The fraction of sp³-hybridized carbons (Fsp3) is 0.368. The van der Waals surface area contributed by atoms with Crippen LogP contribution in [0, 0.1) is 0 Å². The summed E-state index contributed by atoms with van der Waals surface area (Å²) in [6.45, 7) is 2.25. The van der Waals surface area contributed by atoms with Gasteiger partial charge in [-0.1, -0.05) is 67.9 Å². The number of hydrogen-bond acceptors (Lipinski definition) is 2. The Labute approximate surface area is 133 Å². The third kappa shape index (κ3) is 4.90. The number of benzene rings is 2. The van der Waals surface area contributed by atoms with Crippen molar-refractivity contribution in [1.82, 2.24) is 5.32 Å². The van der Waals surface area contributed by atoms with Crippen LogP contribution < -0.4 is 5.32 Å². The zero-order valence-corrected chi connectivity index (χ0v) is 13.8. The summed E-state index contributed by atoms with van der Waals surface area (Å²) in [6, 6.07) is 20.0. The molecule has 2 aromatic carbocycles. The molecule has 0 saturated heterocycles. The Morgan fingerprint density at radius 2 is 1.62 bits per heavy atom. The molecule has 2 aromatic rings. The van der Waals surface area contributed by atoms with Crippen molar-refractivity contribution in [2.24, 2.45) is 0 Å². The molecule has 0 heterocycles. The maximum absolute atomic E-state index is 3.43. The van der Waals surface area contributed by atoms with E-state index in [4.69, 9.17) is 0 Å². The van der Waals surface area contributed by atoms with Gasteiger partial charge in [-0.05, 0) is 35.9 Å². The molecular formula is C19H25NS. The average molecular weight is 299 g/mol. The van der Waals surface area contributed by atoms with Gasteiger partial charge < -0.3 is 5.32 Å². The number of thioether (sulfide) groups is 1. The summed E-state index contributed by atoms with van der Waals surface area (Å²) in [6.07, 6.45) is 2.59. The zero-order valence-electron chi connectivity index (χ0n) is 13.0. The molecule has 0 bridgehead atoms. The molecule has 112 valence electrons. The minimum Gasteiger partial charge on any atom is -0.312 e. The maximum Gasteiger partial charge on any atom is 0.0409 e. The molecule has 2 heteroatoms. The second kappa shape index (κ2) is 8.91. The van der Waals surface area contributed by atoms with Crippen molar-refractivity contribution in [2.45, 2.75) is 25.8 Å². The molecule has 0 spiro atoms. The normalized spacial score (nSPS) is 12.3. The molecule has 1 unspecified atom stereocenters. The van der Waals surface area contributed by atoms with Crippen LogP contribution in [-0.2, 0) is 0 Å². The minimum absolute atomic E-state index is 0.441. The van der Waals surface area contributed by atoms with Crippen molar-refractivity contribution in [3.63, 3.8) is 0 Å². The van der Waals surface area contributed by atoms with Crippen molar-refractivity contribution in [3.05, 3.63) is 60.2 Å². The largest absolute Gasteiger partial charge is 0.312 e. The van der Waals surface area contributed by atoms with Gasteiger partial charge in [-0.3, -0.25) is 0 Å². The van der Waals surface area contributed by atoms with Gasteiger partial charge >= 0.3 is 0 Å². The van der Waals surface area contributed by atoms with E-state index in [1.54, 1.807) is 0 Å². The Hall–Kier alpha value is -1.25. The van der Waals surface area contributed by atoms with E-state index in [2.05, 4.69) is 73.9 Å². The van der Waals surface area contributed by atoms with Gasteiger partial charge in [-0.15, -0.1) is 0 Å². The van der Waals surface area contributed by atoms with Crippen LogP contribution in [0.4, 0.5) is 0 Å². The number of unbranched alkanes of at least 4 members (excludes halogenated alkanes) is 1. The molecule has 0 aliphatic rings. The van der Waals surface area contributed by atoms with Gasteiger partial charge in [0.05, 0.1) is 0 Å². The predicted molar refractivity (Wildman–Crippen MR) is 95.9 cm³/mol. The highest BCUT2D eigenvalue weighted by atomic mass is 32.2. The second-order valence-corrected chi connectivity index (χ2v) is 6.41. The van der Waals surface area contributed by atoms with Crippen LogP contribution in [-0.4, -0.2) is 18.6 Å². The lowest BCUT2D eigenvalue weighted by Crippen LogP contribution is -2.18. The van der Waals surface area contributed by atoms with E-state index >= 15 is 0 Å². The third-order valence-electron chi connectivity index (χ3n) is 3.70. The Balaban J connectivity index is 1.99. The van der Waals surface area contributed by atoms with Crippen LogP contribution >= 0.6 is 11.8 Å². The predicted octanol–water partition coefficient (Wildman–Crippen LogP) is 5.15. The summed E-state index contributed by atoms with van der Waals surface area (Å²) in [7, 11) is 2.05. The highest BCUT2D eigenvalue weighted by Gasteiger charge is 2.09. The molecular weight excluding hydrogens is 274 g/mol. The van der Waals surface area contributed by atoms with E-state index < -0.39 is 0 Å². The van der Waals surface area contributed by atoms with Crippen molar-refractivity contribution in [1.29, 1.82) is 0 Å². The standard InChI is InChI=1S/C19H25NS/c1-3-4-14-21-15-19(20-2)18-12-10-17(11-13-18)16-8-6-5-7-9-16/h5-13,19-20H,3-4,14-15H2,1-2H3. The lowest BCUT2D eigenvalue weighted by molar-refractivity contribution is 0.661. The molecule has 0 saturated carbocycles. The smallest absolute Gasteiger partial charge is 0.0409 e. The van der Waals surface area contributed by atoms with Gasteiger partial charge in [0.2, 0.25) is 0 Å². The lowest BCUT2D eigenvalue weighted by atomic mass is 10.0. The van der Waals surface area contributed by atoms with Crippen molar-refractivity contribution < 1.29 is 0 Å². The van der Waals surface area contributed by atoms with E-state index in [1.165, 1.54) is 35.3 Å². The fourth-order valence-corrected chi connectivity index (χ4v) is 3.59. The van der Waals surface area contributed by atoms with Crippen LogP contribution in [0.2, 0.25) is 0 Å². The van der Waals surface area contributed by atoms with E-state index in [0.717, 1.165) is 5.75 Å². The Kier molecular flexibility index (Phi) is 6.84. The fourth-order valence-electron chi connectivity index (χ4n) is 2.33. The first-order valence-electron chi connectivity index (χ1n) is 7.75. The van der Waals surface area contributed by atoms with Crippen LogP contribution in [0.1, 0.15) is 31.4 Å². The number of nitrogens with one attached hydrogen (secondary N) is 1. The summed E-state index contributed by atoms with van der Waals surface area (Å²) in [4.78, 5) is 0. The van der Waals surface area contributed by atoms with Crippen LogP contribution in [0.15, 0.2) is 54.6 Å². The maximum atomic E-state index is 3.43. The van der Waals surface area contributed by atoms with Gasteiger partial charge in [-0.25, -0.2) is 0 Å². The molecule has 21 heavy (non-hydrogen) atoms. The molecule has 0 fully saturated rings. The molecule has 2 rings (SSSR count). The van der Waals surface area contributed by atoms with Crippen LogP contribution in [0.3, 0.4) is 0 Å². The summed E-state index contributed by atoms with van der Waals surface area (Å²) in [5, 5.41) is 3.43. The van der Waals surface area contributed by atoms with E-state index in [-0.39, 0.29) is 0 Å². The first kappa shape index (κ1) is 16.1. The van der Waals surface area contributed by atoms with E-state index in [0.29, 0.717) is 6.04 Å². The molecule has 0 aliphatic heterocycles. The highest BCUT2D eigenvalue weighted by molar-refractivity contribution is 7.99. The summed E-state index contributed by atoms with van der Waals surface area (Å²) >= 11 is 2.04. The summed E-state index contributed by atoms with van der Waals surface area (Å²) in [5.41, 5.74) is 3.94. The van der Waals surface area contributed by atoms with Gasteiger partial charge in [0.1, 0.15) is 0 Å². The van der Waals surface area contributed by atoms with E-state index in [1.807, 2.05) is 11.8 Å². The van der Waals surface area contributed by atoms with Crippen molar-refractivity contribution >= 4 is 11.8 Å². The summed E-state index contributed by atoms with van der Waals surface area (Å²) in [5.74, 6) is 2.40. The monoisotopic (exact) mass is 299 g/mol. The topological polar surface area (TPSA) is 12.0 Å². The first-order chi connectivity index (χ1) is 10.3. The number of hydrogen-bond donors (Lipinski definition) is 1. The van der Waals surface area contributed by atoms with E-state index in [9.17, 15) is 0 Å². The highest BCUT2D eigenvalue weighted by Crippen LogP contribution is 2.23. The SMILES string of the molecule is CCCCSCC(NC)c1ccc(-c2ccccc2)cc1. The molecule has 1 atom stereocenters. The minimum atomic E-state index is 0.441. The first-order valence-corrected chi connectivity index (χ1v) is 8.91. The number of rotatable bonds is 8. The zero-order chi connectivity index (χ0) is 14.9. The Bertz CT molecular complexity index is 507. The van der Waals surface area contributed by atoms with Gasteiger partial charge in [-0.2, -0.15) is 11.8 Å². The summed E-state index contributed by atoms with van der Waals surface area (Å²) < 4.78 is 0. The second-order valence-electron chi connectivity index (χ2n) is 5.26. The van der Waals surface area contributed by atoms with Crippen LogP contribution in [0.25, 0.3) is 11.1 Å². The van der Waals surface area contributed by atoms with Crippen molar-refractivity contribution in [3.8, 4) is 11.1 Å². The Morgan fingerprint density at radius 3 is 2.24 bits per heavy atom. The Morgan fingerprint density at radius 1 is 0.952 bits per heavy atom. The molecule has 1 nitrogen and oxygen atoms in total. The van der Waals surface area contributed by atoms with Gasteiger partial charge in [0.15, 0.2) is 0 Å². The molecule has 0 radical (unpaired) electrons.